The molecule has 5 nitrogen and oxygen atoms in total. The number of nitrogens with one attached hydrogen (secondary N) is 1. The largest absolute Gasteiger partial charge is 0.433 e. The van der Waals surface area contributed by atoms with Crippen LogP contribution in [0.25, 0.3) is 0 Å². The third-order valence-corrected chi connectivity index (χ3v) is 4.95. The van der Waals surface area contributed by atoms with Crippen LogP contribution in [0.5, 0.6) is 0 Å². The molecule has 0 atom stereocenters. The van der Waals surface area contributed by atoms with Gasteiger partial charge in [-0.25, -0.2) is 9.97 Å². The van der Waals surface area contributed by atoms with Crippen LogP contribution in [0.4, 0.5) is 19.0 Å². The van der Waals surface area contributed by atoms with Gasteiger partial charge in [-0.1, -0.05) is 12.8 Å². The Labute approximate surface area is 139 Å². The van der Waals surface area contributed by atoms with Gasteiger partial charge in [-0.2, -0.15) is 13.2 Å². The lowest BCUT2D eigenvalue weighted by Crippen LogP contribution is -2.46. The number of nitrogens with zero attached hydrogens (tertiary/aromatic N) is 3. The van der Waals surface area contributed by atoms with Gasteiger partial charge in [-0.05, 0) is 25.7 Å². The summed E-state index contributed by atoms with van der Waals surface area (Å²) in [7, 11) is 0. The van der Waals surface area contributed by atoms with E-state index in [1.54, 1.807) is 0 Å². The first kappa shape index (κ1) is 17.4. The lowest BCUT2D eigenvalue weighted by Gasteiger charge is -2.36. The van der Waals surface area contributed by atoms with Gasteiger partial charge in [0.15, 0.2) is 0 Å². The van der Waals surface area contributed by atoms with Crippen molar-refractivity contribution >= 4 is 5.82 Å². The number of hydrogen-bond donors (Lipinski definition) is 2. The first-order valence-corrected chi connectivity index (χ1v) is 8.45. The van der Waals surface area contributed by atoms with Gasteiger partial charge in [0.05, 0.1) is 5.60 Å². The van der Waals surface area contributed by atoms with Gasteiger partial charge in [0.1, 0.15) is 17.8 Å². The number of hydrogen-bond acceptors (Lipinski definition) is 5. The maximum atomic E-state index is 12.7. The van der Waals surface area contributed by atoms with E-state index in [-0.39, 0.29) is 11.9 Å². The second kappa shape index (κ2) is 6.84. The first-order valence-electron chi connectivity index (χ1n) is 8.45. The molecule has 0 aromatic carbocycles. The van der Waals surface area contributed by atoms with Crippen LogP contribution in [0.15, 0.2) is 12.4 Å². The van der Waals surface area contributed by atoms with Crippen LogP contribution >= 0.6 is 0 Å². The van der Waals surface area contributed by atoms with Gasteiger partial charge in [0.25, 0.3) is 0 Å². The highest BCUT2D eigenvalue weighted by Crippen LogP contribution is 2.31. The number of β-amino-alcohol motifs (C(OH)–C–C–N with tert-alkyl or cyclic N) is 1. The summed E-state index contributed by atoms with van der Waals surface area (Å²) < 4.78 is 38.0. The minimum absolute atomic E-state index is 0.0930. The van der Waals surface area contributed by atoms with E-state index in [0.29, 0.717) is 6.54 Å². The van der Waals surface area contributed by atoms with Crippen molar-refractivity contribution in [3.63, 3.8) is 0 Å². The van der Waals surface area contributed by atoms with Gasteiger partial charge >= 0.3 is 6.18 Å². The quantitative estimate of drug-likeness (QED) is 0.879. The van der Waals surface area contributed by atoms with Crippen LogP contribution in [-0.2, 0) is 6.18 Å². The van der Waals surface area contributed by atoms with Crippen molar-refractivity contribution < 1.29 is 18.3 Å². The van der Waals surface area contributed by atoms with Crippen molar-refractivity contribution in [3.8, 4) is 0 Å². The number of piperidine rings is 1. The molecule has 0 amide bonds. The van der Waals surface area contributed by atoms with E-state index >= 15 is 0 Å². The van der Waals surface area contributed by atoms with E-state index in [1.165, 1.54) is 0 Å². The second-order valence-electron chi connectivity index (χ2n) is 6.91. The molecular formula is C16H23F3N4O. The molecule has 0 spiro atoms. The summed E-state index contributed by atoms with van der Waals surface area (Å²) in [6, 6.07) is 1.05. The molecule has 1 saturated heterocycles. The molecule has 1 aromatic rings. The van der Waals surface area contributed by atoms with Crippen LogP contribution < -0.4 is 5.32 Å². The number of anilines is 1. The molecule has 2 aliphatic rings. The standard InChI is InChI=1S/C16H23F3N4O/c17-16(18,19)13-9-14(21-11-20-13)22-12-3-7-23(8-4-12)10-15(24)5-1-2-6-15/h9,11-12,24H,1-8,10H2,(H,20,21,22). The minimum Gasteiger partial charge on any atom is -0.389 e. The predicted octanol–water partition coefficient (Wildman–Crippen LogP) is 2.68. The molecule has 134 valence electrons. The topological polar surface area (TPSA) is 61.3 Å². The van der Waals surface area contributed by atoms with Crippen molar-refractivity contribution in [2.45, 2.75) is 56.3 Å². The molecule has 0 unspecified atom stereocenters. The Morgan fingerprint density at radius 2 is 1.88 bits per heavy atom. The fourth-order valence-electron chi connectivity index (χ4n) is 3.64. The summed E-state index contributed by atoms with van der Waals surface area (Å²) in [5, 5.41) is 13.5. The molecule has 1 aliphatic carbocycles. The Morgan fingerprint density at radius 3 is 2.50 bits per heavy atom. The summed E-state index contributed by atoms with van der Waals surface area (Å²) in [4.78, 5) is 9.41. The highest BCUT2D eigenvalue weighted by molar-refractivity contribution is 5.36. The molecule has 1 aromatic heterocycles. The molecule has 1 aliphatic heterocycles. The fraction of sp³-hybridized carbons (Fsp3) is 0.750. The molecule has 8 heteroatoms. The number of likely N-dealkylation sites (tertiary alicyclic amines) is 1. The SMILES string of the molecule is OC1(CN2CCC(Nc3cc(C(F)(F)F)ncn3)CC2)CCCC1. The van der Waals surface area contributed by atoms with Crippen molar-refractivity contribution in [3.05, 3.63) is 18.1 Å². The van der Waals surface area contributed by atoms with Crippen molar-refractivity contribution in [2.24, 2.45) is 0 Å². The van der Waals surface area contributed by atoms with Gasteiger partial charge in [-0.15, -0.1) is 0 Å². The fourth-order valence-corrected chi connectivity index (χ4v) is 3.64. The second-order valence-corrected chi connectivity index (χ2v) is 6.91. The molecule has 2 N–H and O–H groups in total. The normalized spacial score (nSPS) is 22.7. The number of rotatable bonds is 4. The van der Waals surface area contributed by atoms with Crippen molar-refractivity contribution in [1.82, 2.24) is 14.9 Å². The molecule has 2 fully saturated rings. The van der Waals surface area contributed by atoms with E-state index in [2.05, 4.69) is 20.2 Å². The van der Waals surface area contributed by atoms with Crippen LogP contribution in [0.3, 0.4) is 0 Å². The zero-order valence-corrected chi connectivity index (χ0v) is 13.5. The van der Waals surface area contributed by atoms with Crippen LogP contribution in [0.2, 0.25) is 0 Å². The monoisotopic (exact) mass is 344 g/mol. The molecule has 0 bridgehead atoms. The van der Waals surface area contributed by atoms with Gasteiger partial charge < -0.3 is 15.3 Å². The number of aromatic nitrogens is 2. The summed E-state index contributed by atoms with van der Waals surface area (Å²) in [5.74, 6) is 0.213. The highest BCUT2D eigenvalue weighted by atomic mass is 19.4. The Kier molecular flexibility index (Phi) is 4.96. The molecular weight excluding hydrogens is 321 g/mol. The molecule has 3 rings (SSSR count). The van der Waals surface area contributed by atoms with E-state index in [1.807, 2.05) is 0 Å². The lowest BCUT2D eigenvalue weighted by molar-refractivity contribution is -0.141. The number of halogens is 3. The van der Waals surface area contributed by atoms with Gasteiger partial charge in [0.2, 0.25) is 0 Å². The predicted molar refractivity (Wildman–Crippen MR) is 83.5 cm³/mol. The van der Waals surface area contributed by atoms with E-state index in [9.17, 15) is 18.3 Å². The van der Waals surface area contributed by atoms with Gasteiger partial charge in [0, 0.05) is 31.7 Å². The third-order valence-electron chi connectivity index (χ3n) is 4.95. The molecule has 0 radical (unpaired) electrons. The highest BCUT2D eigenvalue weighted by Gasteiger charge is 2.35. The summed E-state index contributed by atoms with van der Waals surface area (Å²) in [5.41, 5.74) is -1.48. The van der Waals surface area contributed by atoms with Crippen molar-refractivity contribution in [1.29, 1.82) is 0 Å². The third kappa shape index (κ3) is 4.36. The lowest BCUT2D eigenvalue weighted by atomic mass is 9.98. The summed E-state index contributed by atoms with van der Waals surface area (Å²) >= 11 is 0. The van der Waals surface area contributed by atoms with E-state index in [0.717, 1.165) is 64.0 Å². The molecule has 24 heavy (non-hydrogen) atoms. The molecule has 2 heterocycles. The zero-order valence-electron chi connectivity index (χ0n) is 13.5. The maximum Gasteiger partial charge on any atom is 0.433 e. The Hall–Kier alpha value is -1.41. The van der Waals surface area contributed by atoms with E-state index in [4.69, 9.17) is 0 Å². The molecule has 1 saturated carbocycles. The Bertz CT molecular complexity index is 552. The first-order chi connectivity index (χ1) is 11.3. The maximum absolute atomic E-state index is 12.7. The number of alkyl halides is 3. The van der Waals surface area contributed by atoms with Gasteiger partial charge in [-0.3, -0.25) is 0 Å². The Balaban J connectivity index is 1.50. The average molecular weight is 344 g/mol. The van der Waals surface area contributed by atoms with E-state index < -0.39 is 17.5 Å². The minimum atomic E-state index is -4.46. The summed E-state index contributed by atoms with van der Waals surface area (Å²) in [6.45, 7) is 2.36. The van der Waals surface area contributed by atoms with Crippen molar-refractivity contribution in [2.75, 3.05) is 25.0 Å². The zero-order chi connectivity index (χ0) is 17.2. The average Bonchev–Trinajstić information content (AvgIpc) is 2.95. The van der Waals surface area contributed by atoms with Crippen LogP contribution in [-0.4, -0.2) is 51.3 Å². The Morgan fingerprint density at radius 1 is 1.21 bits per heavy atom. The number of aliphatic hydroxyl groups is 1. The summed E-state index contributed by atoms with van der Waals surface area (Å²) in [6.07, 6.45) is 2.03. The van der Waals surface area contributed by atoms with Crippen LogP contribution in [0.1, 0.15) is 44.2 Å². The van der Waals surface area contributed by atoms with Crippen LogP contribution in [0, 0.1) is 0 Å². The smallest absolute Gasteiger partial charge is 0.389 e.